The highest BCUT2D eigenvalue weighted by atomic mass is 35.5. The largest absolute Gasteiger partial charge is 0.456 e. The molecule has 0 aliphatic carbocycles. The number of benzene rings is 3. The number of carbonyl (C=O) groups excluding carboxylic acids is 3. The summed E-state index contributed by atoms with van der Waals surface area (Å²) < 4.78 is 6.88. The van der Waals surface area contributed by atoms with Gasteiger partial charge in [-0.15, -0.1) is 5.10 Å². The second-order valence-corrected chi connectivity index (χ2v) is 11.3. The highest BCUT2D eigenvalue weighted by Gasteiger charge is 2.34. The Morgan fingerprint density at radius 1 is 1.02 bits per heavy atom. The second kappa shape index (κ2) is 12.0. The molecule has 0 spiro atoms. The molecule has 4 aromatic rings. The van der Waals surface area contributed by atoms with Crippen LogP contribution in [0, 0.1) is 0 Å². The van der Waals surface area contributed by atoms with Crippen LogP contribution in [0.2, 0.25) is 5.02 Å². The molecule has 1 aromatic heterocycles. The van der Waals surface area contributed by atoms with Gasteiger partial charge in [0, 0.05) is 35.3 Å². The van der Waals surface area contributed by atoms with E-state index in [1.54, 1.807) is 74.2 Å². The number of ether oxygens (including phenoxy) is 1. The predicted octanol–water partition coefficient (Wildman–Crippen LogP) is 4.88. The van der Waals surface area contributed by atoms with E-state index in [0.29, 0.717) is 33.9 Å². The number of nitrogens with one attached hydrogen (secondary N) is 1. The van der Waals surface area contributed by atoms with Gasteiger partial charge >= 0.3 is 5.97 Å². The number of tetrazole rings is 1. The van der Waals surface area contributed by atoms with Crippen molar-refractivity contribution < 1.29 is 19.1 Å². The Morgan fingerprint density at radius 3 is 2.45 bits per heavy atom. The van der Waals surface area contributed by atoms with E-state index in [-0.39, 0.29) is 18.4 Å². The van der Waals surface area contributed by atoms with Crippen LogP contribution < -0.4 is 5.32 Å². The van der Waals surface area contributed by atoms with Gasteiger partial charge < -0.3 is 15.0 Å². The molecule has 3 aromatic carbocycles. The van der Waals surface area contributed by atoms with Crippen molar-refractivity contribution in [2.75, 3.05) is 5.32 Å². The van der Waals surface area contributed by atoms with Crippen molar-refractivity contribution in [3.8, 4) is 5.69 Å². The maximum atomic E-state index is 13.6. The molecular formula is C31H29ClN6O4. The fraction of sp³-hybridized carbons (Fsp3) is 0.226. The fourth-order valence-electron chi connectivity index (χ4n) is 4.64. The molecule has 42 heavy (non-hydrogen) atoms. The topological polar surface area (TPSA) is 119 Å². The number of carbonyl (C=O) groups is 3. The Labute approximate surface area is 247 Å². The van der Waals surface area contributed by atoms with Crippen molar-refractivity contribution in [2.45, 2.75) is 45.4 Å². The number of anilines is 1. The molecule has 1 aliphatic heterocycles. The molecule has 2 heterocycles. The maximum absolute atomic E-state index is 13.6. The number of aromatic nitrogens is 4. The van der Waals surface area contributed by atoms with Crippen LogP contribution in [0.4, 0.5) is 5.69 Å². The van der Waals surface area contributed by atoms with E-state index in [4.69, 9.17) is 16.3 Å². The standard InChI is InChI=1S/C31H29ClN6O4/c1-31(2,3)42-30(41)20-8-12-25(13-9-20)34-29(40)27-17-21-6-4-5-7-23(21)18-37(27)28(39)15-10-22-16-24(32)11-14-26(22)38-19-33-35-36-38/h4-16,19,27H,17-18H2,1-3H3,(H,34,40)/b15-10+/t27-/m0/s1. The van der Waals surface area contributed by atoms with Crippen LogP contribution in [0.25, 0.3) is 11.8 Å². The molecule has 0 fully saturated rings. The molecule has 1 aliphatic rings. The Balaban J connectivity index is 1.37. The molecule has 1 N–H and O–H groups in total. The summed E-state index contributed by atoms with van der Waals surface area (Å²) in [5, 5.41) is 14.7. The van der Waals surface area contributed by atoms with Gasteiger partial charge in [0.15, 0.2) is 0 Å². The zero-order valence-electron chi connectivity index (χ0n) is 23.3. The van der Waals surface area contributed by atoms with Gasteiger partial charge in [-0.25, -0.2) is 4.79 Å². The zero-order valence-corrected chi connectivity index (χ0v) is 24.1. The number of hydrogen-bond donors (Lipinski definition) is 1. The Kier molecular flexibility index (Phi) is 8.17. The second-order valence-electron chi connectivity index (χ2n) is 10.8. The van der Waals surface area contributed by atoms with Crippen molar-refractivity contribution >= 4 is 41.1 Å². The summed E-state index contributed by atoms with van der Waals surface area (Å²) in [5.41, 5.74) is 3.50. The minimum Gasteiger partial charge on any atom is -0.456 e. The molecule has 11 heteroatoms. The predicted molar refractivity (Wildman–Crippen MR) is 158 cm³/mol. The zero-order chi connectivity index (χ0) is 29.9. The lowest BCUT2D eigenvalue weighted by Crippen LogP contribution is -2.50. The minimum absolute atomic E-state index is 0.268. The lowest BCUT2D eigenvalue weighted by atomic mass is 9.93. The lowest BCUT2D eigenvalue weighted by Gasteiger charge is -2.35. The van der Waals surface area contributed by atoms with Gasteiger partial charge in [0.05, 0.1) is 11.3 Å². The number of esters is 1. The van der Waals surface area contributed by atoms with E-state index in [1.165, 1.54) is 17.1 Å². The minimum atomic E-state index is -0.763. The van der Waals surface area contributed by atoms with Crippen molar-refractivity contribution in [2.24, 2.45) is 0 Å². The van der Waals surface area contributed by atoms with E-state index in [9.17, 15) is 14.4 Å². The highest BCUT2D eigenvalue weighted by Crippen LogP contribution is 2.26. The van der Waals surface area contributed by atoms with Gasteiger partial charge in [-0.2, -0.15) is 4.68 Å². The normalized spacial score (nSPS) is 14.9. The molecule has 0 radical (unpaired) electrons. The number of fused-ring (bicyclic) bond motifs is 1. The van der Waals surface area contributed by atoms with Crippen molar-refractivity contribution in [3.05, 3.63) is 106 Å². The summed E-state index contributed by atoms with van der Waals surface area (Å²) in [6.45, 7) is 5.66. The SMILES string of the molecule is CC(C)(C)OC(=O)c1ccc(NC(=O)[C@@H]2Cc3ccccc3CN2C(=O)/C=C/c2cc(Cl)ccc2-n2cnnn2)cc1. The van der Waals surface area contributed by atoms with E-state index < -0.39 is 17.6 Å². The first-order valence-electron chi connectivity index (χ1n) is 13.3. The van der Waals surface area contributed by atoms with Gasteiger partial charge in [-0.05, 0) is 90.9 Å². The van der Waals surface area contributed by atoms with Crippen molar-refractivity contribution in [1.29, 1.82) is 0 Å². The van der Waals surface area contributed by atoms with E-state index in [1.807, 2.05) is 24.3 Å². The van der Waals surface area contributed by atoms with Gasteiger partial charge in [0.1, 0.15) is 18.0 Å². The van der Waals surface area contributed by atoms with Gasteiger partial charge in [-0.3, -0.25) is 9.59 Å². The maximum Gasteiger partial charge on any atom is 0.338 e. The molecule has 0 saturated carbocycles. The van der Waals surface area contributed by atoms with Crippen molar-refractivity contribution in [1.82, 2.24) is 25.1 Å². The first-order valence-corrected chi connectivity index (χ1v) is 13.7. The number of hydrogen-bond acceptors (Lipinski definition) is 7. The first kappa shape index (κ1) is 28.7. The van der Waals surface area contributed by atoms with Gasteiger partial charge in [-0.1, -0.05) is 35.9 Å². The monoisotopic (exact) mass is 584 g/mol. The van der Waals surface area contributed by atoms with Crippen LogP contribution in [0.1, 0.15) is 47.8 Å². The molecule has 1 atom stereocenters. The van der Waals surface area contributed by atoms with Crippen LogP contribution in [0.15, 0.2) is 79.1 Å². The Hall–Kier alpha value is -4.83. The third-order valence-corrected chi connectivity index (χ3v) is 6.85. The van der Waals surface area contributed by atoms with Crippen LogP contribution in [0.5, 0.6) is 0 Å². The number of nitrogens with zero attached hydrogens (tertiary/aromatic N) is 5. The van der Waals surface area contributed by atoms with Crippen LogP contribution in [-0.4, -0.2) is 54.5 Å². The first-order chi connectivity index (χ1) is 20.1. The van der Waals surface area contributed by atoms with E-state index in [2.05, 4.69) is 20.8 Å². The van der Waals surface area contributed by atoms with Gasteiger partial charge in [0.25, 0.3) is 0 Å². The number of rotatable bonds is 6. The Bertz CT molecular complexity index is 1640. The molecule has 5 rings (SSSR count). The molecular weight excluding hydrogens is 556 g/mol. The quantitative estimate of drug-likeness (QED) is 0.253. The van der Waals surface area contributed by atoms with Crippen LogP contribution >= 0.6 is 11.6 Å². The average molecular weight is 585 g/mol. The van der Waals surface area contributed by atoms with Crippen molar-refractivity contribution in [3.63, 3.8) is 0 Å². The summed E-state index contributed by atoms with van der Waals surface area (Å²) in [6, 6.07) is 18.6. The molecule has 2 amide bonds. The van der Waals surface area contributed by atoms with E-state index >= 15 is 0 Å². The molecule has 10 nitrogen and oxygen atoms in total. The van der Waals surface area contributed by atoms with Crippen LogP contribution in [-0.2, 0) is 27.3 Å². The third kappa shape index (κ3) is 6.72. The number of amides is 2. The summed E-state index contributed by atoms with van der Waals surface area (Å²) in [4.78, 5) is 41.1. The summed E-state index contributed by atoms with van der Waals surface area (Å²) in [5.74, 6) is -1.13. The highest BCUT2D eigenvalue weighted by molar-refractivity contribution is 6.30. The smallest absolute Gasteiger partial charge is 0.338 e. The Morgan fingerprint density at radius 2 is 1.76 bits per heavy atom. The molecule has 0 unspecified atom stereocenters. The van der Waals surface area contributed by atoms with E-state index in [0.717, 1.165) is 11.1 Å². The molecule has 0 saturated heterocycles. The average Bonchev–Trinajstić information content (AvgIpc) is 3.49. The third-order valence-electron chi connectivity index (χ3n) is 6.61. The van der Waals surface area contributed by atoms with Crippen LogP contribution in [0.3, 0.4) is 0 Å². The summed E-state index contributed by atoms with van der Waals surface area (Å²) in [6.07, 6.45) is 4.86. The summed E-state index contributed by atoms with van der Waals surface area (Å²) in [7, 11) is 0. The number of halogens is 1. The lowest BCUT2D eigenvalue weighted by molar-refractivity contribution is -0.135. The molecule has 214 valence electrons. The summed E-state index contributed by atoms with van der Waals surface area (Å²) >= 11 is 6.23. The molecule has 0 bridgehead atoms. The van der Waals surface area contributed by atoms with Gasteiger partial charge in [0.2, 0.25) is 11.8 Å². The fourth-order valence-corrected chi connectivity index (χ4v) is 4.82.